The van der Waals surface area contributed by atoms with Crippen molar-refractivity contribution in [2.75, 3.05) is 0 Å². The molecule has 1 aromatic heterocycles. The van der Waals surface area contributed by atoms with Gasteiger partial charge >= 0.3 is 5.76 Å². The van der Waals surface area contributed by atoms with E-state index in [-0.39, 0.29) is 11.3 Å². The second-order valence-corrected chi connectivity index (χ2v) is 7.30. The first kappa shape index (κ1) is 18.0. The van der Waals surface area contributed by atoms with Gasteiger partial charge in [-0.2, -0.15) is 0 Å². The Labute approximate surface area is 147 Å². The van der Waals surface area contributed by atoms with Gasteiger partial charge in [0.1, 0.15) is 17.9 Å². The van der Waals surface area contributed by atoms with Crippen LogP contribution in [-0.4, -0.2) is 13.0 Å². The molecule has 9 heteroatoms. The van der Waals surface area contributed by atoms with Crippen molar-refractivity contribution in [2.45, 2.75) is 18.7 Å². The highest BCUT2D eigenvalue weighted by Gasteiger charge is 2.23. The first-order valence-electron chi connectivity index (χ1n) is 7.40. The van der Waals surface area contributed by atoms with Crippen LogP contribution in [0, 0.1) is 25.5 Å². The van der Waals surface area contributed by atoms with Crippen molar-refractivity contribution >= 4 is 10.0 Å². The Balaban J connectivity index is 2.24. The summed E-state index contributed by atoms with van der Waals surface area (Å²) in [6.45, 7) is 3.75. The second-order valence-electron chi connectivity index (χ2n) is 5.80. The number of aryl methyl sites for hydroxylation is 2. The molecule has 0 radical (unpaired) electrons. The molecule has 0 aliphatic rings. The third-order valence-corrected chi connectivity index (χ3v) is 4.98. The molecule has 3 aromatic rings. The van der Waals surface area contributed by atoms with Crippen LogP contribution in [0.15, 0.2) is 50.7 Å². The molecular weight excluding hydrogens is 366 g/mol. The van der Waals surface area contributed by atoms with E-state index in [1.165, 1.54) is 0 Å². The van der Waals surface area contributed by atoms with E-state index in [0.717, 1.165) is 34.1 Å². The van der Waals surface area contributed by atoms with Gasteiger partial charge in [-0.25, -0.2) is 31.7 Å². The zero-order chi connectivity index (χ0) is 19.2. The molecule has 0 saturated carbocycles. The molecule has 26 heavy (non-hydrogen) atoms. The highest BCUT2D eigenvalue weighted by molar-refractivity contribution is 7.89. The molecule has 2 aromatic carbocycles. The van der Waals surface area contributed by atoms with E-state index < -0.39 is 32.3 Å². The van der Waals surface area contributed by atoms with Gasteiger partial charge in [-0.15, -0.1) is 0 Å². The fourth-order valence-corrected chi connectivity index (χ4v) is 3.26. The summed E-state index contributed by atoms with van der Waals surface area (Å²) < 4.78 is 56.9. The number of nitrogens with two attached hydrogens (primary N) is 1. The van der Waals surface area contributed by atoms with Crippen molar-refractivity contribution < 1.29 is 21.6 Å². The molecule has 3 rings (SSSR count). The largest absolute Gasteiger partial charge is 0.424 e. The second kappa shape index (κ2) is 6.19. The minimum Gasteiger partial charge on any atom is -0.415 e. The van der Waals surface area contributed by atoms with Crippen molar-refractivity contribution in [1.82, 2.24) is 4.57 Å². The van der Waals surface area contributed by atoms with Gasteiger partial charge in [0, 0.05) is 5.56 Å². The summed E-state index contributed by atoms with van der Waals surface area (Å²) in [5.41, 5.74) is 2.34. The van der Waals surface area contributed by atoms with Crippen LogP contribution in [0.2, 0.25) is 0 Å². The standard InChI is InChI=1S/C17H14F2N2O4S/c1-9-3-4-12(5-10(9)2)21-15(8-25-17(21)22)11-6-13(18)16(14(19)7-11)26(20,23)24/h3-8H,1-2H3,(H2,20,23,24). The lowest BCUT2D eigenvalue weighted by atomic mass is 10.1. The Bertz CT molecular complexity index is 1160. The van der Waals surface area contributed by atoms with Gasteiger partial charge < -0.3 is 4.42 Å². The van der Waals surface area contributed by atoms with Crippen molar-refractivity contribution in [3.63, 3.8) is 0 Å². The normalized spacial score (nSPS) is 11.7. The minimum absolute atomic E-state index is 0.0667. The maximum absolute atomic E-state index is 14.1. The number of aromatic nitrogens is 1. The molecule has 0 bridgehead atoms. The molecule has 136 valence electrons. The molecule has 0 unspecified atom stereocenters. The lowest BCUT2D eigenvalue weighted by molar-refractivity contribution is 0.504. The molecule has 0 spiro atoms. The summed E-state index contributed by atoms with van der Waals surface area (Å²) in [7, 11) is -4.57. The van der Waals surface area contributed by atoms with Gasteiger partial charge in [0.05, 0.1) is 11.4 Å². The van der Waals surface area contributed by atoms with Crippen LogP contribution >= 0.6 is 0 Å². The van der Waals surface area contributed by atoms with Crippen LogP contribution < -0.4 is 10.9 Å². The van der Waals surface area contributed by atoms with E-state index in [0.29, 0.717) is 5.69 Å². The summed E-state index contributed by atoms with van der Waals surface area (Å²) in [5, 5.41) is 4.82. The highest BCUT2D eigenvalue weighted by Crippen LogP contribution is 2.28. The van der Waals surface area contributed by atoms with Crippen LogP contribution in [0.4, 0.5) is 8.78 Å². The summed E-state index contributed by atoms with van der Waals surface area (Å²) in [6.07, 6.45) is 1.04. The Morgan fingerprint density at radius 3 is 2.19 bits per heavy atom. The molecular formula is C17H14F2N2O4S. The quantitative estimate of drug-likeness (QED) is 0.756. The van der Waals surface area contributed by atoms with Gasteiger partial charge in [-0.3, -0.25) is 0 Å². The van der Waals surface area contributed by atoms with Crippen LogP contribution in [0.3, 0.4) is 0 Å². The van der Waals surface area contributed by atoms with Crippen LogP contribution in [0.1, 0.15) is 11.1 Å². The fraction of sp³-hybridized carbons (Fsp3) is 0.118. The predicted molar refractivity (Wildman–Crippen MR) is 90.5 cm³/mol. The molecule has 0 amide bonds. The van der Waals surface area contributed by atoms with Gasteiger partial charge in [0.25, 0.3) is 0 Å². The summed E-state index contributed by atoms with van der Waals surface area (Å²) in [4.78, 5) is 10.9. The fourth-order valence-electron chi connectivity index (χ4n) is 2.60. The van der Waals surface area contributed by atoms with Crippen molar-refractivity contribution in [3.05, 3.63) is 69.9 Å². The Hall–Kier alpha value is -2.78. The monoisotopic (exact) mass is 380 g/mol. The lowest BCUT2D eigenvalue weighted by Gasteiger charge is -2.10. The number of primary sulfonamides is 1. The Kier molecular flexibility index (Phi) is 4.29. The summed E-state index contributed by atoms with van der Waals surface area (Å²) in [5.74, 6) is -3.47. The first-order valence-corrected chi connectivity index (χ1v) is 8.94. The van der Waals surface area contributed by atoms with E-state index in [9.17, 15) is 22.0 Å². The number of sulfonamides is 1. The molecule has 0 fully saturated rings. The predicted octanol–water partition coefficient (Wildman–Crippen LogP) is 2.64. The Morgan fingerprint density at radius 1 is 1.04 bits per heavy atom. The van der Waals surface area contributed by atoms with Gasteiger partial charge in [-0.05, 0) is 49.2 Å². The highest BCUT2D eigenvalue weighted by atomic mass is 32.2. The minimum atomic E-state index is -4.57. The lowest BCUT2D eigenvalue weighted by Crippen LogP contribution is -2.17. The molecule has 0 aliphatic heterocycles. The van der Waals surface area contributed by atoms with E-state index in [4.69, 9.17) is 9.56 Å². The van der Waals surface area contributed by atoms with Gasteiger partial charge in [0.15, 0.2) is 4.90 Å². The SMILES string of the molecule is Cc1ccc(-n2c(-c3cc(F)c(S(N)(=O)=O)c(F)c3)coc2=O)cc1C. The molecule has 2 N–H and O–H groups in total. The summed E-state index contributed by atoms with van der Waals surface area (Å²) >= 11 is 0. The molecule has 1 heterocycles. The van der Waals surface area contributed by atoms with Crippen LogP contribution in [-0.2, 0) is 10.0 Å². The molecule has 0 saturated heterocycles. The zero-order valence-corrected chi connectivity index (χ0v) is 14.6. The average Bonchev–Trinajstić information content (AvgIpc) is 2.89. The number of nitrogens with zero attached hydrogens (tertiary/aromatic N) is 1. The Morgan fingerprint density at radius 2 is 1.65 bits per heavy atom. The van der Waals surface area contributed by atoms with Crippen LogP contribution in [0.25, 0.3) is 16.9 Å². The van der Waals surface area contributed by atoms with Crippen molar-refractivity contribution in [3.8, 4) is 16.9 Å². The maximum Gasteiger partial charge on any atom is 0.424 e. The van der Waals surface area contributed by atoms with E-state index in [1.807, 2.05) is 13.8 Å². The van der Waals surface area contributed by atoms with Crippen LogP contribution in [0.5, 0.6) is 0 Å². The number of halogens is 2. The molecule has 6 nitrogen and oxygen atoms in total. The molecule has 0 atom stereocenters. The van der Waals surface area contributed by atoms with Crippen molar-refractivity contribution in [2.24, 2.45) is 5.14 Å². The average molecular weight is 380 g/mol. The third-order valence-electron chi connectivity index (χ3n) is 4.02. The van der Waals surface area contributed by atoms with Gasteiger partial charge in [0.2, 0.25) is 10.0 Å². The number of rotatable bonds is 3. The zero-order valence-electron chi connectivity index (χ0n) is 13.8. The van der Waals surface area contributed by atoms with E-state index in [2.05, 4.69) is 0 Å². The van der Waals surface area contributed by atoms with E-state index >= 15 is 0 Å². The number of hydrogen-bond acceptors (Lipinski definition) is 4. The smallest absolute Gasteiger partial charge is 0.415 e. The number of hydrogen-bond donors (Lipinski definition) is 1. The first-order chi connectivity index (χ1) is 12.1. The molecule has 0 aliphatic carbocycles. The topological polar surface area (TPSA) is 95.3 Å². The number of oxazole rings is 1. The number of benzene rings is 2. The van der Waals surface area contributed by atoms with E-state index in [1.54, 1.807) is 18.2 Å². The van der Waals surface area contributed by atoms with Gasteiger partial charge in [-0.1, -0.05) is 6.07 Å². The third kappa shape index (κ3) is 3.06. The van der Waals surface area contributed by atoms with Crippen molar-refractivity contribution in [1.29, 1.82) is 0 Å². The maximum atomic E-state index is 14.1. The summed E-state index contributed by atoms with van der Waals surface area (Å²) in [6, 6.07) is 6.74.